The largest absolute Gasteiger partial charge is 0.573 e. The summed E-state index contributed by atoms with van der Waals surface area (Å²) < 4.78 is 91.2. The van der Waals surface area contributed by atoms with E-state index in [1.165, 1.54) is 24.3 Å². The first-order chi connectivity index (χ1) is 29.0. The predicted octanol–water partition coefficient (Wildman–Crippen LogP) is 8.77. The number of morpholine rings is 2. The summed E-state index contributed by atoms with van der Waals surface area (Å²) in [6.07, 6.45) is -6.37. The lowest BCUT2D eigenvalue weighted by Gasteiger charge is -2.32. The molecule has 4 heterocycles. The summed E-state index contributed by atoms with van der Waals surface area (Å²) in [5.74, 6) is -1.60. The Bertz CT molecular complexity index is 2250. The van der Waals surface area contributed by atoms with Crippen molar-refractivity contribution >= 4 is 46.4 Å². The van der Waals surface area contributed by atoms with Gasteiger partial charge in [0, 0.05) is 49.0 Å². The van der Waals surface area contributed by atoms with Crippen LogP contribution >= 0.6 is 34.8 Å². The minimum absolute atomic E-state index is 0.0604. The van der Waals surface area contributed by atoms with Gasteiger partial charge in [-0.05, 0) is 71.8 Å². The number of alkyl halides is 7. The summed E-state index contributed by atoms with van der Waals surface area (Å²) in [4.78, 5) is 34.8. The highest BCUT2D eigenvalue weighted by Crippen LogP contribution is 2.26. The maximum absolute atomic E-state index is 12.9. The van der Waals surface area contributed by atoms with E-state index in [1.54, 1.807) is 36.7 Å². The molecule has 2 aromatic carbocycles. The Labute approximate surface area is 359 Å². The van der Waals surface area contributed by atoms with Gasteiger partial charge in [-0.25, -0.2) is 9.97 Å². The number of pyridine rings is 2. The van der Waals surface area contributed by atoms with Gasteiger partial charge in [0.25, 0.3) is 0 Å². The third kappa shape index (κ3) is 15.6. The third-order valence-corrected chi connectivity index (χ3v) is 8.79. The number of hydrogen-bond donors (Lipinski definition) is 1. The second-order valence-electron chi connectivity index (χ2n) is 12.3. The van der Waals surface area contributed by atoms with E-state index in [1.807, 2.05) is 17.0 Å². The van der Waals surface area contributed by atoms with Crippen LogP contribution in [0.15, 0.2) is 108 Å². The van der Waals surface area contributed by atoms with Crippen molar-refractivity contribution in [3.05, 3.63) is 140 Å². The number of benzene rings is 2. The maximum atomic E-state index is 12.9. The van der Waals surface area contributed by atoms with Crippen LogP contribution in [0.5, 0.6) is 11.5 Å². The molecule has 61 heavy (non-hydrogen) atoms. The predicted molar refractivity (Wildman–Crippen MR) is 208 cm³/mol. The van der Waals surface area contributed by atoms with E-state index in [2.05, 4.69) is 24.8 Å². The Kier molecular flexibility index (Phi) is 17.7. The number of hydrogen-bond acceptors (Lipinski definition) is 12. The van der Waals surface area contributed by atoms with E-state index in [0.29, 0.717) is 60.4 Å². The van der Waals surface area contributed by atoms with Crippen LogP contribution in [0.4, 0.5) is 26.3 Å². The Morgan fingerprint density at radius 2 is 1.21 bits per heavy atom. The molecule has 1 N–H and O–H groups in total. The number of Topliss-reactive ketones (excluding diaryl/α,β-unsaturated/α-hetero) is 2. The molecule has 320 valence electrons. The maximum Gasteiger partial charge on any atom is 0.573 e. The van der Waals surface area contributed by atoms with Crippen molar-refractivity contribution < 1.29 is 54.9 Å². The lowest BCUT2D eigenvalue weighted by molar-refractivity contribution is -0.275. The molecule has 2 aromatic heterocycles. The van der Waals surface area contributed by atoms with E-state index in [-0.39, 0.29) is 35.5 Å². The number of nitrogens with one attached hydrogen (secondary N) is 1. The van der Waals surface area contributed by atoms with E-state index < -0.39 is 35.8 Å². The van der Waals surface area contributed by atoms with Crippen molar-refractivity contribution in [2.24, 2.45) is 0 Å². The molecule has 0 amide bonds. The molecule has 0 spiro atoms. The lowest BCUT2D eigenvalue weighted by atomic mass is 10.0. The number of allylic oxidation sites excluding steroid dienone is 2. The fourth-order valence-electron chi connectivity index (χ4n) is 5.25. The monoisotopic (exact) mass is 910 g/mol. The summed E-state index contributed by atoms with van der Waals surface area (Å²) in [5.41, 5.74) is 2.48. The van der Waals surface area contributed by atoms with Gasteiger partial charge in [-0.3, -0.25) is 9.59 Å². The van der Waals surface area contributed by atoms with Crippen LogP contribution < -0.4 is 14.8 Å². The van der Waals surface area contributed by atoms with Gasteiger partial charge in [0.05, 0.1) is 37.8 Å². The average molecular weight is 912 g/mol. The summed E-state index contributed by atoms with van der Waals surface area (Å²) >= 11 is 16.8. The average Bonchev–Trinajstić information content (AvgIpc) is 3.23. The minimum Gasteiger partial charge on any atom is -0.406 e. The number of aromatic nitrogens is 2. The molecule has 12 nitrogen and oxygen atoms in total. The number of carbonyl (C=O) groups excluding carboxylic acids is 2. The number of rotatable bonds is 9. The van der Waals surface area contributed by atoms with Crippen molar-refractivity contribution in [1.82, 2.24) is 20.2 Å². The summed E-state index contributed by atoms with van der Waals surface area (Å²) in [7, 11) is 0. The summed E-state index contributed by atoms with van der Waals surface area (Å²) in [6.45, 7) is 2.39. The first kappa shape index (κ1) is 47.8. The number of ketones is 2. The molecule has 0 saturated carbocycles. The molecule has 21 heteroatoms. The van der Waals surface area contributed by atoms with E-state index in [4.69, 9.17) is 49.5 Å². The van der Waals surface area contributed by atoms with Gasteiger partial charge in [0.15, 0.2) is 0 Å². The molecule has 0 atom stereocenters. The molecule has 2 aliphatic heterocycles. The molecular formula is C40H31Cl3F6N6O6. The number of halogens is 9. The van der Waals surface area contributed by atoms with Crippen LogP contribution in [-0.4, -0.2) is 78.7 Å². The van der Waals surface area contributed by atoms with E-state index in [9.17, 15) is 41.2 Å². The van der Waals surface area contributed by atoms with Crippen LogP contribution in [0.25, 0.3) is 0 Å². The second kappa shape index (κ2) is 22.6. The highest BCUT2D eigenvalue weighted by Gasteiger charge is 2.32. The van der Waals surface area contributed by atoms with Gasteiger partial charge in [-0.2, -0.15) is 10.5 Å². The van der Waals surface area contributed by atoms with Gasteiger partial charge in [-0.1, -0.05) is 35.3 Å². The summed E-state index contributed by atoms with van der Waals surface area (Å²) in [5, 5.41) is 22.5. The Morgan fingerprint density at radius 3 is 1.64 bits per heavy atom. The zero-order valence-corrected chi connectivity index (χ0v) is 33.6. The Balaban J connectivity index is 0.000000230. The van der Waals surface area contributed by atoms with E-state index >= 15 is 0 Å². The van der Waals surface area contributed by atoms with Crippen molar-refractivity contribution in [3.8, 4) is 23.6 Å². The van der Waals surface area contributed by atoms with Crippen LogP contribution in [0, 0.1) is 22.7 Å². The zero-order valence-electron chi connectivity index (χ0n) is 31.3. The second-order valence-corrected chi connectivity index (χ2v) is 13.3. The van der Waals surface area contributed by atoms with Crippen LogP contribution in [0.1, 0.15) is 31.8 Å². The van der Waals surface area contributed by atoms with Crippen LogP contribution in [0.2, 0.25) is 10.3 Å². The molecular weight excluding hydrogens is 881 g/mol. The topological polar surface area (TPSA) is 160 Å². The molecule has 2 aliphatic rings. The van der Waals surface area contributed by atoms with Crippen LogP contribution in [0.3, 0.4) is 0 Å². The zero-order chi connectivity index (χ0) is 44.6. The quantitative estimate of drug-likeness (QED) is 0.0426. The van der Waals surface area contributed by atoms with E-state index in [0.717, 1.165) is 35.4 Å². The van der Waals surface area contributed by atoms with Crippen molar-refractivity contribution in [2.75, 3.05) is 39.5 Å². The lowest BCUT2D eigenvalue weighted by Crippen LogP contribution is -2.35. The highest BCUT2D eigenvalue weighted by atomic mass is 35.5. The Hall–Kier alpha value is -5.89. The number of carbonyl (C=O) groups is 2. The molecule has 0 radical (unpaired) electrons. The fourth-order valence-corrected chi connectivity index (χ4v) is 5.63. The molecule has 6 rings (SSSR count). The minimum atomic E-state index is -4.83. The SMILES string of the molecule is ClCc1ccc(Cl)nc1.N#C/C(C(=O)c1ccc(OC(F)(F)F)cc1)=C1\COCCN1.N#C/C(C(=O)c1ccc(OC(F)(F)F)cc1)=C1\COCCN1Cc1ccc(Cl)nc1. The van der Waals surface area contributed by atoms with Crippen molar-refractivity contribution in [2.45, 2.75) is 25.1 Å². The van der Waals surface area contributed by atoms with Gasteiger partial charge < -0.3 is 29.2 Å². The number of ether oxygens (including phenoxy) is 4. The first-order valence-corrected chi connectivity index (χ1v) is 18.8. The molecule has 2 saturated heterocycles. The molecule has 0 aliphatic carbocycles. The smallest absolute Gasteiger partial charge is 0.406 e. The molecule has 0 unspecified atom stereocenters. The Morgan fingerprint density at radius 1 is 0.721 bits per heavy atom. The van der Waals surface area contributed by atoms with Crippen molar-refractivity contribution in [1.29, 1.82) is 10.5 Å². The number of nitrogens with zero attached hydrogens (tertiary/aromatic N) is 5. The standard InChI is InChI=1S/C20H15ClF3N3O3.C14H11F3N2O3.C6H5Cl2N/c21-18-6-1-13(10-26-18)11-27-7-8-29-12-17(27)16(9-25)19(28)14-2-4-15(5-3-14)30-20(22,23)24;15-14(16,17)22-10-3-1-9(2-4-10)13(20)11(7-18)12-8-21-6-5-19-12;7-3-5-1-2-6(8)9-4-5/h1-6,10H,7-8,11-12H2;1-4,19H,5-6,8H2;1-2,4H,3H2/b17-16-;12-11-;. The number of nitriles is 2. The van der Waals surface area contributed by atoms with Gasteiger partial charge in [0.2, 0.25) is 11.6 Å². The van der Waals surface area contributed by atoms with Crippen molar-refractivity contribution in [3.63, 3.8) is 0 Å². The molecule has 0 bridgehead atoms. The third-order valence-electron chi connectivity index (χ3n) is 8.03. The van der Waals surface area contributed by atoms with Gasteiger partial charge >= 0.3 is 12.7 Å². The van der Waals surface area contributed by atoms with Gasteiger partial charge in [-0.15, -0.1) is 37.9 Å². The molecule has 2 fully saturated rings. The molecule has 4 aromatic rings. The normalized spacial score (nSPS) is 15.5. The fraction of sp³-hybridized carbons (Fsp3) is 0.250. The highest BCUT2D eigenvalue weighted by molar-refractivity contribution is 6.29. The first-order valence-electron chi connectivity index (χ1n) is 17.5. The van der Waals surface area contributed by atoms with Crippen LogP contribution in [-0.2, 0) is 21.9 Å². The van der Waals surface area contributed by atoms with Gasteiger partial charge in [0.1, 0.15) is 45.1 Å². The summed E-state index contributed by atoms with van der Waals surface area (Å²) in [6, 6.07) is 19.5.